The van der Waals surface area contributed by atoms with Crippen molar-refractivity contribution >= 4 is 28.7 Å². The van der Waals surface area contributed by atoms with E-state index in [0.717, 1.165) is 23.2 Å². The predicted molar refractivity (Wildman–Crippen MR) is 116 cm³/mol. The van der Waals surface area contributed by atoms with Gasteiger partial charge < -0.3 is 15.1 Å². The van der Waals surface area contributed by atoms with Crippen LogP contribution in [0.2, 0.25) is 0 Å². The van der Waals surface area contributed by atoms with Crippen molar-refractivity contribution in [2.75, 3.05) is 42.9 Å². The number of amides is 1. The van der Waals surface area contributed by atoms with Gasteiger partial charge in [0, 0.05) is 51.0 Å². The molecule has 4 rings (SSSR count). The maximum Gasteiger partial charge on any atom is 0.376 e. The van der Waals surface area contributed by atoms with Crippen LogP contribution in [-0.2, 0) is 4.79 Å². The second kappa shape index (κ2) is 8.82. The first-order valence-electron chi connectivity index (χ1n) is 10.0. The van der Waals surface area contributed by atoms with Crippen LogP contribution in [-0.4, -0.2) is 57.8 Å². The molecule has 1 saturated heterocycles. The Hall–Kier alpha value is -3.95. The van der Waals surface area contributed by atoms with E-state index in [2.05, 4.69) is 15.2 Å². The van der Waals surface area contributed by atoms with Gasteiger partial charge in [-0.25, -0.2) is 4.98 Å². The highest BCUT2D eigenvalue weighted by Crippen LogP contribution is 2.19. The number of pyridine rings is 1. The molecule has 0 spiro atoms. The van der Waals surface area contributed by atoms with Crippen molar-refractivity contribution in [1.82, 2.24) is 14.3 Å². The number of carbonyl (C=O) groups is 1. The normalized spacial score (nSPS) is 13.9. The molecule has 1 aliphatic heterocycles. The lowest BCUT2D eigenvalue weighted by Crippen LogP contribution is -2.49. The number of para-hydroxylation sites is 1. The summed E-state index contributed by atoms with van der Waals surface area (Å²) in [4.78, 5) is 43.9. The second-order valence-corrected chi connectivity index (χ2v) is 7.18. The fraction of sp³-hybridized carbons (Fsp3) is 0.286. The van der Waals surface area contributed by atoms with E-state index < -0.39 is 16.2 Å². The third-order valence-electron chi connectivity index (χ3n) is 5.28. The van der Waals surface area contributed by atoms with Gasteiger partial charge in [0.1, 0.15) is 5.65 Å². The van der Waals surface area contributed by atoms with Crippen LogP contribution in [0.5, 0.6) is 0 Å². The van der Waals surface area contributed by atoms with Crippen molar-refractivity contribution < 1.29 is 9.72 Å². The number of fused-ring (bicyclic) bond motifs is 1. The molecule has 160 valence electrons. The molecule has 0 aliphatic carbocycles. The zero-order valence-electron chi connectivity index (χ0n) is 16.8. The number of anilines is 2. The van der Waals surface area contributed by atoms with Gasteiger partial charge in [-0.2, -0.15) is 0 Å². The highest BCUT2D eigenvalue weighted by atomic mass is 16.6. The van der Waals surface area contributed by atoms with Gasteiger partial charge in [-0.05, 0) is 24.3 Å². The number of nitrogens with zero attached hydrogens (tertiary/aromatic N) is 5. The number of aromatic nitrogens is 2. The van der Waals surface area contributed by atoms with Gasteiger partial charge in [-0.1, -0.05) is 24.3 Å². The average molecular weight is 422 g/mol. The average Bonchev–Trinajstić information content (AvgIpc) is 2.79. The monoisotopic (exact) mass is 422 g/mol. The summed E-state index contributed by atoms with van der Waals surface area (Å²) < 4.78 is 1.13. The Kier molecular flexibility index (Phi) is 5.78. The van der Waals surface area contributed by atoms with Crippen LogP contribution >= 0.6 is 0 Å². The summed E-state index contributed by atoms with van der Waals surface area (Å²) in [5.41, 5.74) is 0.0373. The summed E-state index contributed by atoms with van der Waals surface area (Å²) in [5, 5.41) is 14.2. The molecule has 0 bridgehead atoms. The van der Waals surface area contributed by atoms with Crippen molar-refractivity contribution in [2.45, 2.75) is 6.42 Å². The van der Waals surface area contributed by atoms with Crippen molar-refractivity contribution in [3.63, 3.8) is 0 Å². The lowest BCUT2D eigenvalue weighted by molar-refractivity contribution is -0.385. The smallest absolute Gasteiger partial charge is 0.368 e. The van der Waals surface area contributed by atoms with Crippen LogP contribution in [0.3, 0.4) is 0 Å². The number of benzene rings is 1. The summed E-state index contributed by atoms with van der Waals surface area (Å²) in [7, 11) is 0. The molecule has 0 radical (unpaired) electrons. The Morgan fingerprint density at radius 3 is 2.48 bits per heavy atom. The number of nitro groups is 1. The second-order valence-electron chi connectivity index (χ2n) is 7.18. The minimum Gasteiger partial charge on any atom is -0.368 e. The molecule has 3 aromatic rings. The molecule has 1 fully saturated rings. The number of piperazine rings is 1. The first kappa shape index (κ1) is 20.3. The number of rotatable bonds is 6. The topological polar surface area (TPSA) is 113 Å². The van der Waals surface area contributed by atoms with Crippen molar-refractivity contribution in [3.8, 4) is 0 Å². The Bertz CT molecular complexity index is 1160. The highest BCUT2D eigenvalue weighted by molar-refractivity contribution is 5.77. The molecule has 10 nitrogen and oxygen atoms in total. The van der Waals surface area contributed by atoms with E-state index >= 15 is 0 Å². The molecule has 10 heteroatoms. The van der Waals surface area contributed by atoms with Crippen molar-refractivity contribution in [2.24, 2.45) is 0 Å². The summed E-state index contributed by atoms with van der Waals surface area (Å²) in [5.74, 6) is -0.164. The summed E-state index contributed by atoms with van der Waals surface area (Å²) in [6.07, 6.45) is 1.58. The number of carbonyl (C=O) groups excluding carboxylic acids is 1. The zero-order valence-corrected chi connectivity index (χ0v) is 16.8. The minimum atomic E-state index is -0.763. The predicted octanol–water partition coefficient (Wildman–Crippen LogP) is 1.75. The largest absolute Gasteiger partial charge is 0.376 e. The van der Waals surface area contributed by atoms with E-state index in [9.17, 15) is 19.7 Å². The molecular formula is C21H22N6O4. The van der Waals surface area contributed by atoms with Crippen LogP contribution in [0.15, 0.2) is 59.5 Å². The van der Waals surface area contributed by atoms with E-state index in [-0.39, 0.29) is 24.7 Å². The highest BCUT2D eigenvalue weighted by Gasteiger charge is 2.24. The van der Waals surface area contributed by atoms with Gasteiger partial charge in [0.2, 0.25) is 11.7 Å². The lowest BCUT2D eigenvalue weighted by Gasteiger charge is -2.36. The molecule has 3 heterocycles. The van der Waals surface area contributed by atoms with E-state index in [1.165, 1.54) is 6.20 Å². The Morgan fingerprint density at radius 2 is 1.77 bits per heavy atom. The van der Waals surface area contributed by atoms with E-state index in [1.807, 2.05) is 30.3 Å². The molecule has 1 N–H and O–H groups in total. The Balaban J connectivity index is 1.37. The minimum absolute atomic E-state index is 0.0413. The molecule has 1 aliphatic rings. The molecule has 0 saturated carbocycles. The van der Waals surface area contributed by atoms with Crippen LogP contribution in [0.1, 0.15) is 6.42 Å². The third kappa shape index (κ3) is 4.32. The van der Waals surface area contributed by atoms with Gasteiger partial charge in [0.05, 0.1) is 4.92 Å². The zero-order chi connectivity index (χ0) is 21.8. The standard InChI is InChI=1S/C21H22N6O4/c28-18(25-14-12-24(13-15-25)16-6-2-1-3-7-16)9-10-22-20-19(27(30)31)21(29)26-11-5-4-8-17(26)23-20/h1-8,11,22H,9-10,12-15H2. The Labute approximate surface area is 177 Å². The maximum absolute atomic E-state index is 12.6. The van der Waals surface area contributed by atoms with Gasteiger partial charge in [-0.3, -0.25) is 24.1 Å². The summed E-state index contributed by atoms with van der Waals surface area (Å²) in [6, 6.07) is 14.9. The van der Waals surface area contributed by atoms with E-state index in [4.69, 9.17) is 0 Å². The molecular weight excluding hydrogens is 400 g/mol. The van der Waals surface area contributed by atoms with E-state index in [0.29, 0.717) is 18.7 Å². The molecule has 1 amide bonds. The van der Waals surface area contributed by atoms with Gasteiger partial charge in [0.15, 0.2) is 0 Å². The van der Waals surface area contributed by atoms with Crippen LogP contribution in [0, 0.1) is 10.1 Å². The fourth-order valence-corrected chi connectivity index (χ4v) is 3.67. The molecule has 0 atom stereocenters. The maximum atomic E-state index is 12.6. The molecule has 1 aromatic carbocycles. The van der Waals surface area contributed by atoms with Gasteiger partial charge in [-0.15, -0.1) is 0 Å². The molecule has 2 aromatic heterocycles. The van der Waals surface area contributed by atoms with Crippen molar-refractivity contribution in [3.05, 3.63) is 75.2 Å². The third-order valence-corrected chi connectivity index (χ3v) is 5.28. The van der Waals surface area contributed by atoms with Crippen molar-refractivity contribution in [1.29, 1.82) is 0 Å². The first-order chi connectivity index (χ1) is 15.0. The number of hydrogen-bond acceptors (Lipinski definition) is 7. The van der Waals surface area contributed by atoms with E-state index in [1.54, 1.807) is 23.1 Å². The summed E-state index contributed by atoms with van der Waals surface area (Å²) in [6.45, 7) is 2.87. The quantitative estimate of drug-likeness (QED) is 0.476. The number of nitrogens with one attached hydrogen (secondary N) is 1. The van der Waals surface area contributed by atoms with Crippen LogP contribution in [0.25, 0.3) is 5.65 Å². The van der Waals surface area contributed by atoms with Gasteiger partial charge >= 0.3 is 11.2 Å². The number of hydrogen-bond donors (Lipinski definition) is 1. The summed E-state index contributed by atoms with van der Waals surface area (Å²) >= 11 is 0. The SMILES string of the molecule is O=C(CCNc1nc2ccccn2c(=O)c1[N+](=O)[O-])N1CCN(c2ccccc2)CC1. The lowest BCUT2D eigenvalue weighted by atomic mass is 10.2. The van der Waals surface area contributed by atoms with Crippen LogP contribution in [0.4, 0.5) is 17.2 Å². The first-order valence-corrected chi connectivity index (χ1v) is 10.0. The molecule has 0 unspecified atom stereocenters. The molecule has 31 heavy (non-hydrogen) atoms. The van der Waals surface area contributed by atoms with Crippen LogP contribution < -0.4 is 15.8 Å². The van der Waals surface area contributed by atoms with Gasteiger partial charge in [0.25, 0.3) is 0 Å². The fourth-order valence-electron chi connectivity index (χ4n) is 3.67. The Morgan fingerprint density at radius 1 is 1.06 bits per heavy atom.